The molecule has 0 radical (unpaired) electrons. The molecule has 1 N–H and O–H groups in total. The van der Waals surface area contributed by atoms with Crippen LogP contribution in [0.1, 0.15) is 6.92 Å². The lowest BCUT2D eigenvalue weighted by molar-refractivity contribution is -0.386. The van der Waals surface area contributed by atoms with Crippen molar-refractivity contribution >= 4 is 11.7 Å². The number of methoxy groups -OCH3 is 1. The summed E-state index contributed by atoms with van der Waals surface area (Å²) in [6, 6.07) is 5.69. The minimum absolute atomic E-state index is 0.0216. The van der Waals surface area contributed by atoms with E-state index in [0.717, 1.165) is 7.11 Å². The lowest BCUT2D eigenvalue weighted by Gasteiger charge is -2.20. The summed E-state index contributed by atoms with van der Waals surface area (Å²) in [5, 5.41) is 20.4. The summed E-state index contributed by atoms with van der Waals surface area (Å²) in [7, 11) is 1.13. The first-order valence-electron chi connectivity index (χ1n) is 5.05. The van der Waals surface area contributed by atoms with E-state index in [0.29, 0.717) is 0 Å². The Bertz CT molecular complexity index is 457. The van der Waals surface area contributed by atoms with Crippen molar-refractivity contribution < 1.29 is 24.3 Å². The number of rotatable bonds is 5. The van der Waals surface area contributed by atoms with Crippen LogP contribution in [0.15, 0.2) is 24.3 Å². The van der Waals surface area contributed by atoms with Gasteiger partial charge in [-0.1, -0.05) is 12.1 Å². The lowest BCUT2D eigenvalue weighted by Crippen LogP contribution is -2.42. The molecule has 0 aliphatic heterocycles. The molecule has 0 spiro atoms. The average Bonchev–Trinajstić information content (AvgIpc) is 2.35. The van der Waals surface area contributed by atoms with Gasteiger partial charge < -0.3 is 14.6 Å². The summed E-state index contributed by atoms with van der Waals surface area (Å²) in [4.78, 5) is 21.3. The van der Waals surface area contributed by atoms with E-state index in [9.17, 15) is 20.0 Å². The fourth-order valence-corrected chi connectivity index (χ4v) is 1.23. The minimum atomic E-state index is -1.86. The highest BCUT2D eigenvalue weighted by Gasteiger charge is 2.33. The van der Waals surface area contributed by atoms with Crippen LogP contribution in [0.5, 0.6) is 5.75 Å². The number of nitro groups is 1. The molecule has 0 saturated heterocycles. The summed E-state index contributed by atoms with van der Waals surface area (Å²) in [6.07, 6.45) is 0. The molecule has 0 saturated carbocycles. The average molecular weight is 255 g/mol. The second-order valence-electron chi connectivity index (χ2n) is 3.78. The molecule has 1 rings (SSSR count). The van der Waals surface area contributed by atoms with E-state index in [4.69, 9.17) is 4.74 Å². The molecule has 0 aliphatic rings. The Morgan fingerprint density at radius 3 is 2.67 bits per heavy atom. The van der Waals surface area contributed by atoms with Gasteiger partial charge in [-0.25, -0.2) is 4.79 Å². The van der Waals surface area contributed by atoms with E-state index in [-0.39, 0.29) is 11.4 Å². The van der Waals surface area contributed by atoms with Gasteiger partial charge in [-0.3, -0.25) is 10.1 Å². The quantitative estimate of drug-likeness (QED) is 0.476. The van der Waals surface area contributed by atoms with Crippen molar-refractivity contribution in [2.45, 2.75) is 12.5 Å². The van der Waals surface area contributed by atoms with E-state index in [1.807, 2.05) is 0 Å². The molecule has 7 nitrogen and oxygen atoms in total. The first-order chi connectivity index (χ1) is 8.38. The van der Waals surface area contributed by atoms with Crippen molar-refractivity contribution in [2.75, 3.05) is 13.7 Å². The smallest absolute Gasteiger partial charge is 0.341 e. The molecule has 1 unspecified atom stereocenters. The molecule has 0 amide bonds. The number of aliphatic hydroxyl groups is 1. The van der Waals surface area contributed by atoms with Gasteiger partial charge in [-0.2, -0.15) is 0 Å². The molecule has 0 heterocycles. The number of nitro benzene ring substituents is 1. The highest BCUT2D eigenvalue weighted by Crippen LogP contribution is 2.26. The highest BCUT2D eigenvalue weighted by molar-refractivity contribution is 5.78. The molecule has 0 bridgehead atoms. The number of hydrogen-bond donors (Lipinski definition) is 1. The number of hydrogen-bond acceptors (Lipinski definition) is 6. The van der Waals surface area contributed by atoms with Crippen LogP contribution in [0.25, 0.3) is 0 Å². The van der Waals surface area contributed by atoms with Gasteiger partial charge in [0, 0.05) is 6.07 Å². The van der Waals surface area contributed by atoms with E-state index in [2.05, 4.69) is 4.74 Å². The molecular weight excluding hydrogens is 242 g/mol. The predicted molar refractivity (Wildman–Crippen MR) is 61.2 cm³/mol. The molecule has 1 aromatic carbocycles. The molecule has 0 fully saturated rings. The van der Waals surface area contributed by atoms with Crippen molar-refractivity contribution in [1.29, 1.82) is 0 Å². The van der Waals surface area contributed by atoms with Gasteiger partial charge in [0.15, 0.2) is 11.4 Å². The Balaban J connectivity index is 2.81. The molecule has 7 heteroatoms. The largest absolute Gasteiger partial charge is 0.483 e. The summed E-state index contributed by atoms with van der Waals surface area (Å²) in [6.45, 7) is 0.762. The fraction of sp³-hybridized carbons (Fsp3) is 0.364. The van der Waals surface area contributed by atoms with Crippen molar-refractivity contribution in [1.82, 2.24) is 0 Å². The normalized spacial score (nSPS) is 13.5. The molecule has 0 aromatic heterocycles. The van der Waals surface area contributed by atoms with Gasteiger partial charge in [0.1, 0.15) is 6.61 Å². The van der Waals surface area contributed by atoms with E-state index in [1.54, 1.807) is 6.07 Å². The molecule has 1 aromatic rings. The fourth-order valence-electron chi connectivity index (χ4n) is 1.23. The van der Waals surface area contributed by atoms with Crippen LogP contribution in [-0.2, 0) is 9.53 Å². The summed E-state index contributed by atoms with van der Waals surface area (Å²) >= 11 is 0. The standard InChI is InChI=1S/C11H13NO6/c1-11(14,10(13)17-2)7-18-9-6-4-3-5-8(9)12(15)16/h3-6,14H,7H2,1-2H3. The predicted octanol–water partition coefficient (Wildman–Crippen LogP) is 0.898. The SMILES string of the molecule is COC(=O)C(C)(O)COc1ccccc1[N+](=O)[O-]. The van der Waals surface area contributed by atoms with E-state index in [1.165, 1.54) is 25.1 Å². The zero-order valence-corrected chi connectivity index (χ0v) is 9.95. The number of carbonyl (C=O) groups is 1. The van der Waals surface area contributed by atoms with Crippen LogP contribution in [0.2, 0.25) is 0 Å². The van der Waals surface area contributed by atoms with Crippen LogP contribution >= 0.6 is 0 Å². The van der Waals surface area contributed by atoms with Crippen LogP contribution < -0.4 is 4.74 Å². The lowest BCUT2D eigenvalue weighted by atomic mass is 10.1. The van der Waals surface area contributed by atoms with Gasteiger partial charge in [0.2, 0.25) is 0 Å². The number of nitrogens with zero attached hydrogens (tertiary/aromatic N) is 1. The van der Waals surface area contributed by atoms with Gasteiger partial charge in [0.25, 0.3) is 0 Å². The zero-order chi connectivity index (χ0) is 13.8. The molecule has 98 valence electrons. The molecule has 18 heavy (non-hydrogen) atoms. The molecule has 1 atom stereocenters. The van der Waals surface area contributed by atoms with Crippen LogP contribution in [0.4, 0.5) is 5.69 Å². The van der Waals surface area contributed by atoms with Crippen LogP contribution in [-0.4, -0.2) is 35.3 Å². The van der Waals surface area contributed by atoms with Gasteiger partial charge in [0.05, 0.1) is 12.0 Å². The van der Waals surface area contributed by atoms with Crippen molar-refractivity contribution in [3.05, 3.63) is 34.4 Å². The maximum absolute atomic E-state index is 11.2. The van der Waals surface area contributed by atoms with Crippen LogP contribution in [0.3, 0.4) is 0 Å². The first kappa shape index (κ1) is 13.9. The number of ether oxygens (including phenoxy) is 2. The number of carbonyl (C=O) groups excluding carboxylic acids is 1. The Labute approximate surface area is 103 Å². The number of benzene rings is 1. The third-order valence-corrected chi connectivity index (χ3v) is 2.20. The topological polar surface area (TPSA) is 98.9 Å². The Morgan fingerprint density at radius 1 is 1.50 bits per heavy atom. The minimum Gasteiger partial charge on any atom is -0.483 e. The summed E-state index contributed by atoms with van der Waals surface area (Å²) < 4.78 is 9.47. The van der Waals surface area contributed by atoms with Crippen molar-refractivity contribution in [3.63, 3.8) is 0 Å². The summed E-state index contributed by atoms with van der Waals surface area (Å²) in [5.74, 6) is -0.896. The van der Waals surface area contributed by atoms with Gasteiger partial charge in [-0.15, -0.1) is 0 Å². The maximum atomic E-state index is 11.2. The van der Waals surface area contributed by atoms with E-state index >= 15 is 0 Å². The molecular formula is C11H13NO6. The second-order valence-corrected chi connectivity index (χ2v) is 3.78. The molecule has 0 aliphatic carbocycles. The zero-order valence-electron chi connectivity index (χ0n) is 9.95. The van der Waals surface area contributed by atoms with Gasteiger partial charge in [-0.05, 0) is 13.0 Å². The summed E-state index contributed by atoms with van der Waals surface area (Å²) in [5.41, 5.74) is -2.10. The third kappa shape index (κ3) is 3.17. The van der Waals surface area contributed by atoms with Crippen molar-refractivity contribution in [2.24, 2.45) is 0 Å². The second kappa shape index (κ2) is 5.46. The van der Waals surface area contributed by atoms with Gasteiger partial charge >= 0.3 is 11.7 Å². The Morgan fingerprint density at radius 2 is 2.11 bits per heavy atom. The maximum Gasteiger partial charge on any atom is 0.341 e. The Kier molecular flexibility index (Phi) is 4.22. The van der Waals surface area contributed by atoms with E-state index < -0.39 is 23.1 Å². The Hall–Kier alpha value is -2.15. The monoisotopic (exact) mass is 255 g/mol. The highest BCUT2D eigenvalue weighted by atomic mass is 16.6. The number of esters is 1. The first-order valence-corrected chi connectivity index (χ1v) is 5.05. The number of para-hydroxylation sites is 2. The van der Waals surface area contributed by atoms with Crippen LogP contribution in [0, 0.1) is 10.1 Å². The van der Waals surface area contributed by atoms with Crippen molar-refractivity contribution in [3.8, 4) is 5.75 Å². The third-order valence-electron chi connectivity index (χ3n) is 2.20.